The molecule has 0 saturated carbocycles. The number of carbonyl (C=O) groups is 2. The summed E-state index contributed by atoms with van der Waals surface area (Å²) < 4.78 is 5.23. The molecule has 104 valence electrons. The van der Waals surface area contributed by atoms with Gasteiger partial charge in [-0.1, -0.05) is 0 Å². The fourth-order valence-electron chi connectivity index (χ4n) is 1.81. The fraction of sp³-hybridized carbons (Fsp3) is 0.833. The maximum Gasteiger partial charge on any atom is 0.410 e. The fourth-order valence-corrected chi connectivity index (χ4v) is 1.81. The molecule has 0 aliphatic carbocycles. The van der Waals surface area contributed by atoms with Crippen molar-refractivity contribution in [2.24, 2.45) is 5.92 Å². The summed E-state index contributed by atoms with van der Waals surface area (Å²) in [7, 11) is 0. The Labute approximate surface area is 107 Å². The molecule has 0 aromatic carbocycles. The number of aliphatic hydroxyl groups excluding tert-OH is 1. The van der Waals surface area contributed by atoms with Crippen LogP contribution in [0.3, 0.4) is 0 Å². The van der Waals surface area contributed by atoms with E-state index in [0.717, 1.165) is 0 Å². The Morgan fingerprint density at radius 3 is 2.50 bits per heavy atom. The third kappa shape index (κ3) is 4.52. The van der Waals surface area contributed by atoms with Crippen LogP contribution in [-0.4, -0.2) is 53.3 Å². The lowest BCUT2D eigenvalue weighted by Crippen LogP contribution is -2.36. The maximum atomic E-state index is 11.8. The van der Waals surface area contributed by atoms with Crippen molar-refractivity contribution in [2.45, 2.75) is 39.4 Å². The largest absolute Gasteiger partial charge is 0.444 e. The van der Waals surface area contributed by atoms with E-state index in [1.54, 1.807) is 20.8 Å². The van der Waals surface area contributed by atoms with Gasteiger partial charge in [0.05, 0.1) is 12.6 Å². The normalized spacial score (nSPS) is 23.9. The van der Waals surface area contributed by atoms with E-state index >= 15 is 0 Å². The van der Waals surface area contributed by atoms with Crippen LogP contribution in [0, 0.1) is 5.92 Å². The molecular formula is C12H22N2O4. The summed E-state index contributed by atoms with van der Waals surface area (Å²) >= 11 is 0. The number of hydrogen-bond donors (Lipinski definition) is 2. The highest BCUT2D eigenvalue weighted by Crippen LogP contribution is 2.19. The van der Waals surface area contributed by atoms with Gasteiger partial charge in [-0.25, -0.2) is 4.79 Å². The van der Waals surface area contributed by atoms with Gasteiger partial charge in [-0.3, -0.25) is 4.79 Å². The predicted molar refractivity (Wildman–Crippen MR) is 66.0 cm³/mol. The van der Waals surface area contributed by atoms with Gasteiger partial charge in [0.15, 0.2) is 0 Å². The Kier molecular flexibility index (Phi) is 4.56. The van der Waals surface area contributed by atoms with Gasteiger partial charge in [-0.15, -0.1) is 0 Å². The Balaban J connectivity index is 2.47. The summed E-state index contributed by atoms with van der Waals surface area (Å²) in [4.78, 5) is 24.1. The maximum absolute atomic E-state index is 11.8. The van der Waals surface area contributed by atoms with Crippen molar-refractivity contribution in [3.05, 3.63) is 0 Å². The second-order valence-corrected chi connectivity index (χ2v) is 5.65. The van der Waals surface area contributed by atoms with Gasteiger partial charge in [0.2, 0.25) is 5.91 Å². The van der Waals surface area contributed by atoms with E-state index in [2.05, 4.69) is 5.32 Å². The lowest BCUT2D eigenvalue weighted by Gasteiger charge is -2.24. The van der Waals surface area contributed by atoms with E-state index in [1.165, 1.54) is 11.8 Å². The first-order chi connectivity index (χ1) is 8.19. The summed E-state index contributed by atoms with van der Waals surface area (Å²) in [6.07, 6.45) is -1.05. The topological polar surface area (TPSA) is 78.9 Å². The molecule has 0 radical (unpaired) electrons. The van der Waals surface area contributed by atoms with Crippen LogP contribution < -0.4 is 5.32 Å². The van der Waals surface area contributed by atoms with Gasteiger partial charge < -0.3 is 20.1 Å². The van der Waals surface area contributed by atoms with Gasteiger partial charge in [0.25, 0.3) is 0 Å². The Bertz CT molecular complexity index is 325. The predicted octanol–water partition coefficient (Wildman–Crippen LogP) is 0.350. The van der Waals surface area contributed by atoms with Crippen molar-refractivity contribution in [3.63, 3.8) is 0 Å². The van der Waals surface area contributed by atoms with E-state index in [-0.39, 0.29) is 18.4 Å². The van der Waals surface area contributed by atoms with Gasteiger partial charge in [-0.2, -0.15) is 0 Å². The van der Waals surface area contributed by atoms with Crippen LogP contribution in [0.15, 0.2) is 0 Å². The molecule has 6 heteroatoms. The smallest absolute Gasteiger partial charge is 0.410 e. The van der Waals surface area contributed by atoms with Crippen molar-refractivity contribution >= 4 is 12.0 Å². The van der Waals surface area contributed by atoms with Gasteiger partial charge in [-0.05, 0) is 20.8 Å². The quantitative estimate of drug-likeness (QED) is 0.749. The number of β-amino-alcohol motifs (C(OH)–C–C–N with tert-alkyl or cyclic N) is 1. The summed E-state index contributed by atoms with van der Waals surface area (Å²) in [5.74, 6) is -0.278. The van der Waals surface area contributed by atoms with E-state index in [0.29, 0.717) is 13.1 Å². The molecule has 0 spiro atoms. The third-order valence-corrected chi connectivity index (χ3v) is 2.67. The number of amides is 2. The van der Waals surface area contributed by atoms with Crippen molar-refractivity contribution in [1.82, 2.24) is 10.2 Å². The summed E-state index contributed by atoms with van der Waals surface area (Å²) in [5, 5.41) is 12.5. The third-order valence-electron chi connectivity index (χ3n) is 2.67. The molecule has 6 nitrogen and oxygen atoms in total. The number of likely N-dealkylation sites (tertiary alicyclic amines) is 1. The molecule has 0 aromatic heterocycles. The molecule has 2 atom stereocenters. The number of hydrogen-bond acceptors (Lipinski definition) is 4. The molecule has 1 aliphatic rings. The van der Waals surface area contributed by atoms with E-state index in [9.17, 15) is 14.7 Å². The molecule has 1 fully saturated rings. The molecule has 1 aliphatic heterocycles. The van der Waals surface area contributed by atoms with Gasteiger partial charge in [0.1, 0.15) is 5.60 Å². The minimum atomic E-state index is -0.621. The van der Waals surface area contributed by atoms with Crippen LogP contribution in [-0.2, 0) is 9.53 Å². The van der Waals surface area contributed by atoms with Gasteiger partial charge >= 0.3 is 6.09 Å². The highest BCUT2D eigenvalue weighted by atomic mass is 16.6. The van der Waals surface area contributed by atoms with Crippen LogP contribution in [0.2, 0.25) is 0 Å². The molecule has 18 heavy (non-hydrogen) atoms. The first-order valence-electron chi connectivity index (χ1n) is 6.09. The second kappa shape index (κ2) is 5.56. The first kappa shape index (κ1) is 14.8. The van der Waals surface area contributed by atoms with Crippen LogP contribution in [0.1, 0.15) is 27.7 Å². The highest BCUT2D eigenvalue weighted by Gasteiger charge is 2.35. The molecular weight excluding hydrogens is 236 g/mol. The molecule has 1 saturated heterocycles. The van der Waals surface area contributed by atoms with Crippen LogP contribution in [0.5, 0.6) is 0 Å². The minimum Gasteiger partial charge on any atom is -0.444 e. The van der Waals surface area contributed by atoms with Gasteiger partial charge in [0, 0.05) is 25.9 Å². The number of ether oxygens (including phenoxy) is 1. The number of aliphatic hydroxyl groups is 1. The zero-order chi connectivity index (χ0) is 13.9. The Morgan fingerprint density at radius 1 is 1.39 bits per heavy atom. The summed E-state index contributed by atoms with van der Waals surface area (Å²) in [5.41, 5.74) is -0.544. The van der Waals surface area contributed by atoms with Crippen molar-refractivity contribution in [1.29, 1.82) is 0 Å². The van der Waals surface area contributed by atoms with Crippen LogP contribution >= 0.6 is 0 Å². The molecule has 0 aromatic rings. The lowest BCUT2D eigenvalue weighted by atomic mass is 10.1. The first-order valence-corrected chi connectivity index (χ1v) is 6.09. The second-order valence-electron chi connectivity index (χ2n) is 5.65. The Hall–Kier alpha value is -1.30. The number of rotatable bonds is 2. The molecule has 2 N–H and O–H groups in total. The zero-order valence-corrected chi connectivity index (χ0v) is 11.4. The van der Waals surface area contributed by atoms with Crippen molar-refractivity contribution in [3.8, 4) is 0 Å². The van der Waals surface area contributed by atoms with Crippen LogP contribution in [0.4, 0.5) is 4.79 Å². The number of nitrogens with zero attached hydrogens (tertiary/aromatic N) is 1. The number of carbonyl (C=O) groups excluding carboxylic acids is 2. The molecule has 1 rings (SSSR count). The van der Waals surface area contributed by atoms with E-state index in [4.69, 9.17) is 4.74 Å². The van der Waals surface area contributed by atoms with E-state index in [1.807, 2.05) is 0 Å². The van der Waals surface area contributed by atoms with E-state index < -0.39 is 17.8 Å². The molecule has 0 bridgehead atoms. The van der Waals surface area contributed by atoms with Crippen molar-refractivity contribution < 1.29 is 19.4 Å². The average molecular weight is 258 g/mol. The molecule has 2 unspecified atom stereocenters. The highest BCUT2D eigenvalue weighted by molar-refractivity contribution is 5.72. The molecule has 2 amide bonds. The standard InChI is InChI=1S/C12H22N2O4/c1-8(15)13-5-9-6-14(7-10(9)16)11(17)18-12(2,3)4/h9-10,16H,5-7H2,1-4H3,(H,13,15). The van der Waals surface area contributed by atoms with Crippen molar-refractivity contribution in [2.75, 3.05) is 19.6 Å². The minimum absolute atomic E-state index is 0.138. The zero-order valence-electron chi connectivity index (χ0n) is 11.4. The lowest BCUT2D eigenvalue weighted by molar-refractivity contribution is -0.119. The average Bonchev–Trinajstić information content (AvgIpc) is 2.54. The number of nitrogens with one attached hydrogen (secondary N) is 1. The van der Waals surface area contributed by atoms with Crippen LogP contribution in [0.25, 0.3) is 0 Å². The SMILES string of the molecule is CC(=O)NCC1CN(C(=O)OC(C)(C)C)CC1O. The Morgan fingerprint density at radius 2 is 2.00 bits per heavy atom. The summed E-state index contributed by atoms with van der Waals surface area (Å²) in [6, 6.07) is 0. The molecule has 1 heterocycles. The summed E-state index contributed by atoms with van der Waals surface area (Å²) in [6.45, 7) is 7.84. The monoisotopic (exact) mass is 258 g/mol.